The zero-order chi connectivity index (χ0) is 17.0. The number of imidazole rings is 1. The topological polar surface area (TPSA) is 99.0 Å². The summed E-state index contributed by atoms with van der Waals surface area (Å²) in [5.74, 6) is -0.274. The maximum absolute atomic E-state index is 12.1. The number of fused-ring (bicyclic) bond motifs is 1. The van der Waals surface area contributed by atoms with E-state index in [0.717, 1.165) is 0 Å². The average molecular weight is 338 g/mol. The molecule has 0 aliphatic heterocycles. The number of esters is 1. The highest BCUT2D eigenvalue weighted by atomic mass is 32.2. The van der Waals surface area contributed by atoms with E-state index in [1.54, 1.807) is 11.5 Å². The van der Waals surface area contributed by atoms with Crippen molar-refractivity contribution < 1.29 is 9.53 Å². The van der Waals surface area contributed by atoms with Crippen LogP contribution in [0.1, 0.15) is 13.8 Å². The number of carbonyl (C=O) groups excluding carboxylic acids is 1. The van der Waals surface area contributed by atoms with Crippen LogP contribution >= 0.6 is 11.8 Å². The molecule has 2 aromatic rings. The molecule has 0 bridgehead atoms. The first kappa shape index (κ1) is 17.1. The van der Waals surface area contributed by atoms with E-state index in [-0.39, 0.29) is 17.4 Å². The highest BCUT2D eigenvalue weighted by molar-refractivity contribution is 7.99. The van der Waals surface area contributed by atoms with E-state index in [1.807, 2.05) is 19.1 Å². The number of rotatable bonds is 6. The number of aryl methyl sites for hydroxylation is 1. The molecule has 2 aromatic heterocycles. The van der Waals surface area contributed by atoms with Crippen molar-refractivity contribution in [2.75, 3.05) is 12.4 Å². The predicted octanol–water partition coefficient (Wildman–Crippen LogP) is 0.655. The number of H-pyrrole nitrogens is 1. The molecule has 1 N–H and O–H groups in total. The fraction of sp³-hybridized carbons (Fsp3) is 0.429. The van der Waals surface area contributed by atoms with E-state index in [9.17, 15) is 14.4 Å². The van der Waals surface area contributed by atoms with E-state index < -0.39 is 11.2 Å². The molecule has 2 heterocycles. The molecule has 8 nitrogen and oxygen atoms in total. The van der Waals surface area contributed by atoms with E-state index in [4.69, 9.17) is 4.74 Å². The van der Waals surface area contributed by atoms with Gasteiger partial charge in [0.05, 0.1) is 12.4 Å². The Kier molecular flexibility index (Phi) is 5.43. The summed E-state index contributed by atoms with van der Waals surface area (Å²) in [5, 5.41) is 0.484. The number of ether oxygens (including phenoxy) is 1. The summed E-state index contributed by atoms with van der Waals surface area (Å²) >= 11 is 1.17. The summed E-state index contributed by atoms with van der Waals surface area (Å²) in [4.78, 5) is 42.0. The Balaban J connectivity index is 2.52. The van der Waals surface area contributed by atoms with E-state index >= 15 is 0 Å². The van der Waals surface area contributed by atoms with Gasteiger partial charge in [-0.05, 0) is 13.8 Å². The van der Waals surface area contributed by atoms with E-state index in [2.05, 4.69) is 9.97 Å². The second kappa shape index (κ2) is 7.32. The molecule has 0 fully saturated rings. The van der Waals surface area contributed by atoms with Gasteiger partial charge in [-0.3, -0.25) is 19.1 Å². The maximum atomic E-state index is 12.1. The first-order chi connectivity index (χ1) is 11.0. The van der Waals surface area contributed by atoms with Gasteiger partial charge in [-0.1, -0.05) is 23.9 Å². The van der Waals surface area contributed by atoms with Crippen LogP contribution in [0.5, 0.6) is 0 Å². The number of hydrogen-bond donors (Lipinski definition) is 1. The van der Waals surface area contributed by atoms with Crippen LogP contribution in [-0.2, 0) is 23.1 Å². The van der Waals surface area contributed by atoms with Gasteiger partial charge in [-0.25, -0.2) is 9.78 Å². The lowest BCUT2D eigenvalue weighted by Crippen LogP contribution is -2.29. The smallest absolute Gasteiger partial charge is 0.329 e. The van der Waals surface area contributed by atoms with Crippen LogP contribution in [0.2, 0.25) is 0 Å². The fourth-order valence-electron chi connectivity index (χ4n) is 2.03. The van der Waals surface area contributed by atoms with Gasteiger partial charge in [0.2, 0.25) is 0 Å². The number of nitrogens with one attached hydrogen (secondary N) is 1. The number of allylic oxidation sites excluding steroid dienone is 2. The quantitative estimate of drug-likeness (QED) is 0.472. The molecule has 0 aliphatic carbocycles. The van der Waals surface area contributed by atoms with Crippen molar-refractivity contribution in [1.29, 1.82) is 0 Å². The van der Waals surface area contributed by atoms with Crippen molar-refractivity contribution in [3.63, 3.8) is 0 Å². The van der Waals surface area contributed by atoms with Gasteiger partial charge < -0.3 is 9.30 Å². The van der Waals surface area contributed by atoms with Gasteiger partial charge in [0.15, 0.2) is 16.3 Å². The van der Waals surface area contributed by atoms with E-state index in [1.165, 1.54) is 23.4 Å². The standard InChI is InChI=1S/C14H18N4O4S/c1-4-6-7-18-10-11(17(3)13(21)16-12(10)20)15-14(18)23-8-9(19)22-5-2/h4,6H,5,7-8H2,1-3H3,(H,16,20,21). The Morgan fingerprint density at radius 3 is 2.83 bits per heavy atom. The summed E-state index contributed by atoms with van der Waals surface area (Å²) in [5.41, 5.74) is -0.436. The monoisotopic (exact) mass is 338 g/mol. The fourth-order valence-corrected chi connectivity index (χ4v) is 2.83. The molecule has 0 saturated heterocycles. The largest absolute Gasteiger partial charge is 0.465 e. The normalized spacial score (nSPS) is 11.4. The van der Waals surface area contributed by atoms with Gasteiger partial charge in [-0.15, -0.1) is 0 Å². The lowest BCUT2D eigenvalue weighted by molar-refractivity contribution is -0.139. The van der Waals surface area contributed by atoms with Crippen molar-refractivity contribution in [3.8, 4) is 0 Å². The van der Waals surface area contributed by atoms with Crippen molar-refractivity contribution in [3.05, 3.63) is 33.0 Å². The third-order valence-electron chi connectivity index (χ3n) is 3.12. The highest BCUT2D eigenvalue weighted by Crippen LogP contribution is 2.21. The molecule has 23 heavy (non-hydrogen) atoms. The number of nitrogens with zero attached hydrogens (tertiary/aromatic N) is 3. The zero-order valence-electron chi connectivity index (χ0n) is 13.2. The highest BCUT2D eigenvalue weighted by Gasteiger charge is 2.18. The Bertz CT molecular complexity index is 862. The average Bonchev–Trinajstić information content (AvgIpc) is 2.88. The summed E-state index contributed by atoms with van der Waals surface area (Å²) in [6.45, 7) is 4.33. The van der Waals surface area contributed by atoms with Crippen LogP contribution < -0.4 is 11.2 Å². The van der Waals surface area contributed by atoms with Crippen LogP contribution in [0.25, 0.3) is 11.2 Å². The van der Waals surface area contributed by atoms with Crippen molar-refractivity contribution in [2.24, 2.45) is 7.05 Å². The van der Waals surface area contributed by atoms with Gasteiger partial charge in [-0.2, -0.15) is 0 Å². The minimum absolute atomic E-state index is 0.0822. The molecule has 0 atom stereocenters. The van der Waals surface area contributed by atoms with Crippen LogP contribution in [-0.4, -0.2) is 37.4 Å². The predicted molar refractivity (Wildman–Crippen MR) is 87.8 cm³/mol. The molecule has 0 saturated carbocycles. The van der Waals surface area contributed by atoms with Crippen LogP contribution in [0, 0.1) is 0 Å². The number of hydrogen-bond acceptors (Lipinski definition) is 6. The van der Waals surface area contributed by atoms with Crippen molar-refractivity contribution in [2.45, 2.75) is 25.5 Å². The van der Waals surface area contributed by atoms with Crippen molar-refractivity contribution in [1.82, 2.24) is 19.1 Å². The molecule has 2 rings (SSSR count). The lowest BCUT2D eigenvalue weighted by atomic mass is 10.4. The Hall–Kier alpha value is -2.29. The summed E-state index contributed by atoms with van der Waals surface area (Å²) < 4.78 is 7.84. The summed E-state index contributed by atoms with van der Waals surface area (Å²) in [6, 6.07) is 0. The molecule has 0 aliphatic rings. The molecule has 0 spiro atoms. The number of thioether (sulfide) groups is 1. The SMILES string of the molecule is CC=CCn1c(SCC(=O)OCC)nc2c1c(=O)[nH]c(=O)n2C. The second-order valence-electron chi connectivity index (χ2n) is 4.66. The molecule has 0 radical (unpaired) electrons. The lowest BCUT2D eigenvalue weighted by Gasteiger charge is -2.05. The Morgan fingerprint density at radius 2 is 2.17 bits per heavy atom. The second-order valence-corrected chi connectivity index (χ2v) is 5.60. The van der Waals surface area contributed by atoms with Gasteiger partial charge in [0.25, 0.3) is 5.56 Å². The molecule has 124 valence electrons. The van der Waals surface area contributed by atoms with E-state index in [0.29, 0.717) is 23.8 Å². The first-order valence-electron chi connectivity index (χ1n) is 7.08. The third kappa shape index (κ3) is 3.55. The minimum atomic E-state index is -0.528. The summed E-state index contributed by atoms with van der Waals surface area (Å²) in [6.07, 6.45) is 3.71. The molecular formula is C14H18N4O4S. The van der Waals surface area contributed by atoms with Crippen LogP contribution in [0.4, 0.5) is 0 Å². The first-order valence-corrected chi connectivity index (χ1v) is 8.07. The number of carbonyl (C=O) groups is 1. The Labute approximate surface area is 136 Å². The summed E-state index contributed by atoms with van der Waals surface area (Å²) in [7, 11) is 1.54. The van der Waals surface area contributed by atoms with Crippen LogP contribution in [0.15, 0.2) is 26.9 Å². The van der Waals surface area contributed by atoms with Gasteiger partial charge in [0, 0.05) is 13.6 Å². The number of aromatic nitrogens is 4. The Morgan fingerprint density at radius 1 is 1.43 bits per heavy atom. The molecule has 9 heteroatoms. The minimum Gasteiger partial charge on any atom is -0.465 e. The number of aromatic amines is 1. The maximum Gasteiger partial charge on any atom is 0.329 e. The van der Waals surface area contributed by atoms with Gasteiger partial charge >= 0.3 is 11.7 Å². The molecular weight excluding hydrogens is 320 g/mol. The molecule has 0 aromatic carbocycles. The van der Waals surface area contributed by atoms with Crippen molar-refractivity contribution >= 4 is 28.9 Å². The van der Waals surface area contributed by atoms with Crippen LogP contribution in [0.3, 0.4) is 0 Å². The molecule has 0 amide bonds. The molecule has 0 unspecified atom stereocenters. The third-order valence-corrected chi connectivity index (χ3v) is 4.07. The van der Waals surface area contributed by atoms with Gasteiger partial charge in [0.1, 0.15) is 0 Å². The zero-order valence-corrected chi connectivity index (χ0v) is 14.0.